The summed E-state index contributed by atoms with van der Waals surface area (Å²) in [6.45, 7) is 2.05. The van der Waals surface area contributed by atoms with Crippen LogP contribution in [-0.4, -0.2) is 0 Å². The molecule has 2 heteroatoms. The predicted molar refractivity (Wildman–Crippen MR) is 68.8 cm³/mol. The lowest BCUT2D eigenvalue weighted by atomic mass is 10.1. The van der Waals surface area contributed by atoms with Gasteiger partial charge < -0.3 is 4.42 Å². The number of benzene rings is 1. The fraction of sp³-hybridized carbons (Fsp3) is 0.133. The topological polar surface area (TPSA) is 30.2 Å². The molecule has 1 aliphatic rings. The van der Waals surface area contributed by atoms with Crippen LogP contribution in [0.25, 0.3) is 16.5 Å². The van der Waals surface area contributed by atoms with Crippen molar-refractivity contribution in [2.75, 3.05) is 0 Å². The molecular weight excluding hydrogens is 212 g/mol. The summed E-state index contributed by atoms with van der Waals surface area (Å²) in [6, 6.07) is 8.93. The summed E-state index contributed by atoms with van der Waals surface area (Å²) < 4.78 is 5.77. The molecule has 84 valence electrons. The van der Waals surface area contributed by atoms with E-state index in [1.807, 2.05) is 25.1 Å². The number of hydrogen-bond acceptors (Lipinski definition) is 2. The highest BCUT2D eigenvalue weighted by Crippen LogP contribution is 2.27. The first-order valence-corrected chi connectivity index (χ1v) is 5.64. The molecule has 0 bridgehead atoms. The summed E-state index contributed by atoms with van der Waals surface area (Å²) in [5.74, 6) is 0.682. The van der Waals surface area contributed by atoms with E-state index in [9.17, 15) is 4.79 Å². The summed E-state index contributed by atoms with van der Waals surface area (Å²) in [5, 5.41) is 0.638. The third kappa shape index (κ3) is 1.72. The van der Waals surface area contributed by atoms with Gasteiger partial charge in [-0.2, -0.15) is 0 Å². The van der Waals surface area contributed by atoms with Gasteiger partial charge in [-0.15, -0.1) is 0 Å². The summed E-state index contributed by atoms with van der Waals surface area (Å²) in [4.78, 5) is 11.9. The normalized spacial score (nSPS) is 14.9. The second-order valence-corrected chi connectivity index (χ2v) is 4.29. The van der Waals surface area contributed by atoms with Crippen molar-refractivity contribution in [3.8, 4) is 0 Å². The van der Waals surface area contributed by atoms with Crippen molar-refractivity contribution in [1.82, 2.24) is 0 Å². The number of fused-ring (bicyclic) bond motifs is 1. The van der Waals surface area contributed by atoms with Gasteiger partial charge in [0, 0.05) is 6.07 Å². The van der Waals surface area contributed by atoms with E-state index in [1.165, 1.54) is 5.57 Å². The van der Waals surface area contributed by atoms with Crippen molar-refractivity contribution in [2.45, 2.75) is 13.3 Å². The van der Waals surface area contributed by atoms with Crippen LogP contribution >= 0.6 is 0 Å². The highest BCUT2D eigenvalue weighted by Gasteiger charge is 2.11. The van der Waals surface area contributed by atoms with Gasteiger partial charge in [0.1, 0.15) is 11.3 Å². The molecule has 0 N–H and O–H groups in total. The smallest absolute Gasteiger partial charge is 0.193 e. The number of rotatable bonds is 1. The van der Waals surface area contributed by atoms with E-state index < -0.39 is 0 Å². The van der Waals surface area contributed by atoms with Crippen LogP contribution < -0.4 is 5.43 Å². The fourth-order valence-electron chi connectivity index (χ4n) is 2.10. The van der Waals surface area contributed by atoms with Crippen LogP contribution in [0.3, 0.4) is 0 Å². The molecule has 0 radical (unpaired) electrons. The molecule has 0 aliphatic heterocycles. The third-order valence-electron chi connectivity index (χ3n) is 3.00. The Kier molecular flexibility index (Phi) is 2.22. The van der Waals surface area contributed by atoms with Gasteiger partial charge in [-0.3, -0.25) is 4.79 Å². The van der Waals surface area contributed by atoms with Gasteiger partial charge in [-0.1, -0.05) is 29.9 Å². The Labute approximate surface area is 98.9 Å². The minimum absolute atomic E-state index is 0.0207. The van der Waals surface area contributed by atoms with E-state index in [4.69, 9.17) is 4.42 Å². The minimum atomic E-state index is 0.0207. The molecule has 1 heterocycles. The molecule has 17 heavy (non-hydrogen) atoms. The van der Waals surface area contributed by atoms with Crippen molar-refractivity contribution >= 4 is 16.5 Å². The first-order chi connectivity index (χ1) is 8.24. The lowest BCUT2D eigenvalue weighted by molar-refractivity contribution is 0.585. The van der Waals surface area contributed by atoms with Gasteiger partial charge in [0.15, 0.2) is 5.43 Å². The van der Waals surface area contributed by atoms with Crippen LogP contribution in [-0.2, 0) is 0 Å². The summed E-state index contributed by atoms with van der Waals surface area (Å²) in [7, 11) is 0. The van der Waals surface area contributed by atoms with Crippen LogP contribution in [0.15, 0.2) is 57.3 Å². The first kappa shape index (κ1) is 10.1. The molecule has 0 fully saturated rings. The molecular formula is C15H12O2. The van der Waals surface area contributed by atoms with Crippen LogP contribution in [0.4, 0.5) is 0 Å². The average molecular weight is 224 g/mol. The monoisotopic (exact) mass is 224 g/mol. The van der Waals surface area contributed by atoms with Gasteiger partial charge in [-0.25, -0.2) is 0 Å². The fourth-order valence-corrected chi connectivity index (χ4v) is 2.10. The molecule has 0 atom stereocenters. The van der Waals surface area contributed by atoms with Gasteiger partial charge in [0.2, 0.25) is 0 Å². The molecule has 0 unspecified atom stereocenters. The molecule has 0 saturated heterocycles. The molecule has 0 spiro atoms. The first-order valence-electron chi connectivity index (χ1n) is 5.64. The van der Waals surface area contributed by atoms with E-state index in [-0.39, 0.29) is 5.43 Å². The quantitative estimate of drug-likeness (QED) is 0.741. The van der Waals surface area contributed by atoms with Gasteiger partial charge in [0.25, 0.3) is 0 Å². The Balaban J connectivity index is 2.20. The molecule has 0 saturated carbocycles. The highest BCUT2D eigenvalue weighted by atomic mass is 16.3. The van der Waals surface area contributed by atoms with Crippen molar-refractivity contribution in [2.24, 2.45) is 0 Å². The van der Waals surface area contributed by atoms with Crippen LogP contribution in [0, 0.1) is 0 Å². The third-order valence-corrected chi connectivity index (χ3v) is 3.00. The van der Waals surface area contributed by atoms with Crippen LogP contribution in [0.5, 0.6) is 0 Å². The molecule has 3 rings (SSSR count). The minimum Gasteiger partial charge on any atom is -0.456 e. The number of para-hydroxylation sites is 1. The maximum absolute atomic E-state index is 11.9. The maximum atomic E-state index is 11.9. The zero-order valence-electron chi connectivity index (χ0n) is 9.57. The summed E-state index contributed by atoms with van der Waals surface area (Å²) >= 11 is 0. The largest absolute Gasteiger partial charge is 0.456 e. The molecule has 1 aromatic heterocycles. The van der Waals surface area contributed by atoms with Crippen LogP contribution in [0.1, 0.15) is 19.1 Å². The van der Waals surface area contributed by atoms with E-state index in [0.717, 1.165) is 12.0 Å². The number of hydrogen-bond donors (Lipinski definition) is 0. The Morgan fingerprint density at radius 3 is 2.82 bits per heavy atom. The SMILES string of the molecule is CC1=CCC(c2cc(=O)c3ccccc3o2)=C1. The lowest BCUT2D eigenvalue weighted by Crippen LogP contribution is -2.01. The number of allylic oxidation sites excluding steroid dienone is 4. The Morgan fingerprint density at radius 1 is 1.24 bits per heavy atom. The van der Waals surface area contributed by atoms with E-state index >= 15 is 0 Å². The van der Waals surface area contributed by atoms with Crippen molar-refractivity contribution < 1.29 is 4.42 Å². The zero-order chi connectivity index (χ0) is 11.8. The van der Waals surface area contributed by atoms with E-state index in [0.29, 0.717) is 16.7 Å². The van der Waals surface area contributed by atoms with Crippen molar-refractivity contribution in [3.05, 3.63) is 64.0 Å². The second-order valence-electron chi connectivity index (χ2n) is 4.29. The van der Waals surface area contributed by atoms with E-state index in [2.05, 4.69) is 12.2 Å². The van der Waals surface area contributed by atoms with Crippen molar-refractivity contribution in [3.63, 3.8) is 0 Å². The van der Waals surface area contributed by atoms with E-state index in [1.54, 1.807) is 12.1 Å². The zero-order valence-corrected chi connectivity index (χ0v) is 9.57. The second kappa shape index (κ2) is 3.74. The summed E-state index contributed by atoms with van der Waals surface area (Å²) in [5.41, 5.74) is 2.97. The lowest BCUT2D eigenvalue weighted by Gasteiger charge is -2.02. The molecule has 1 aromatic carbocycles. The predicted octanol–water partition coefficient (Wildman–Crippen LogP) is 3.53. The van der Waals surface area contributed by atoms with Crippen molar-refractivity contribution in [1.29, 1.82) is 0 Å². The van der Waals surface area contributed by atoms with Crippen LogP contribution in [0.2, 0.25) is 0 Å². The molecule has 2 aromatic rings. The van der Waals surface area contributed by atoms with Gasteiger partial charge in [-0.05, 0) is 31.1 Å². The Bertz CT molecular complexity index is 702. The Hall–Kier alpha value is -2.09. The maximum Gasteiger partial charge on any atom is 0.193 e. The standard InChI is InChI=1S/C15H12O2/c1-10-6-7-11(8-10)15-9-13(16)12-4-2-3-5-14(12)17-15/h2-6,8-9H,7H2,1H3. The molecule has 1 aliphatic carbocycles. The summed E-state index contributed by atoms with van der Waals surface area (Å²) in [6.07, 6.45) is 5.03. The molecule has 0 amide bonds. The van der Waals surface area contributed by atoms with Gasteiger partial charge >= 0.3 is 0 Å². The van der Waals surface area contributed by atoms with Gasteiger partial charge in [0.05, 0.1) is 5.39 Å². The average Bonchev–Trinajstić information content (AvgIpc) is 2.76. The highest BCUT2D eigenvalue weighted by molar-refractivity contribution is 5.79. The molecule has 2 nitrogen and oxygen atoms in total. The Morgan fingerprint density at radius 2 is 2.06 bits per heavy atom.